The summed E-state index contributed by atoms with van der Waals surface area (Å²) in [6.45, 7) is 1.29. The smallest absolute Gasteiger partial charge is 0.227 e. The summed E-state index contributed by atoms with van der Waals surface area (Å²) >= 11 is 0. The lowest BCUT2D eigenvalue weighted by molar-refractivity contribution is -0.116. The highest BCUT2D eigenvalue weighted by molar-refractivity contribution is 5.89. The van der Waals surface area contributed by atoms with E-state index in [-0.39, 0.29) is 5.91 Å². The van der Waals surface area contributed by atoms with E-state index < -0.39 is 0 Å². The average molecular weight is 312 g/mol. The zero-order chi connectivity index (χ0) is 16.2. The molecule has 0 radical (unpaired) electrons. The van der Waals surface area contributed by atoms with E-state index in [1.807, 2.05) is 60.2 Å². The number of fused-ring (bicyclic) bond motifs is 1. The molecule has 0 aliphatic carbocycles. The summed E-state index contributed by atoms with van der Waals surface area (Å²) in [5.41, 5.74) is 2.00. The highest BCUT2D eigenvalue weighted by Gasteiger charge is 2.08. The Bertz CT molecular complexity index is 804. The SMILES string of the molecule is CN(C)Cc1cc(NC(=O)CCn2ncc3ccccc32)n[nH]1. The Balaban J connectivity index is 1.56. The lowest BCUT2D eigenvalue weighted by atomic mass is 10.2. The molecule has 2 heterocycles. The normalized spacial score (nSPS) is 11.3. The van der Waals surface area contributed by atoms with Crippen molar-refractivity contribution in [3.8, 4) is 0 Å². The van der Waals surface area contributed by atoms with Gasteiger partial charge in [0, 0.05) is 24.4 Å². The van der Waals surface area contributed by atoms with Crippen LogP contribution in [0.3, 0.4) is 0 Å². The molecule has 3 rings (SSSR count). The van der Waals surface area contributed by atoms with Crippen LogP contribution in [0.1, 0.15) is 12.1 Å². The second kappa shape index (κ2) is 6.62. The third kappa shape index (κ3) is 3.75. The highest BCUT2D eigenvalue weighted by atomic mass is 16.1. The molecule has 120 valence electrons. The van der Waals surface area contributed by atoms with Gasteiger partial charge in [0.25, 0.3) is 0 Å². The number of nitrogens with one attached hydrogen (secondary N) is 2. The first-order valence-electron chi connectivity index (χ1n) is 7.51. The van der Waals surface area contributed by atoms with Crippen LogP contribution in [0.15, 0.2) is 36.5 Å². The molecule has 1 aromatic carbocycles. The Labute approximate surface area is 134 Å². The predicted octanol–water partition coefficient (Wildman–Crippen LogP) is 1.85. The van der Waals surface area contributed by atoms with Gasteiger partial charge in [-0.05, 0) is 20.2 Å². The van der Waals surface area contributed by atoms with Gasteiger partial charge in [0.15, 0.2) is 5.82 Å². The fourth-order valence-corrected chi connectivity index (χ4v) is 2.46. The first kappa shape index (κ1) is 15.2. The molecule has 0 atom stereocenters. The van der Waals surface area contributed by atoms with Crippen LogP contribution < -0.4 is 5.32 Å². The van der Waals surface area contributed by atoms with E-state index in [0.717, 1.165) is 23.1 Å². The molecule has 7 heteroatoms. The van der Waals surface area contributed by atoms with Crippen molar-refractivity contribution in [1.82, 2.24) is 24.9 Å². The molecule has 7 nitrogen and oxygen atoms in total. The fourth-order valence-electron chi connectivity index (χ4n) is 2.46. The Kier molecular flexibility index (Phi) is 4.38. The topological polar surface area (TPSA) is 78.8 Å². The molecular weight excluding hydrogens is 292 g/mol. The van der Waals surface area contributed by atoms with Crippen molar-refractivity contribution >= 4 is 22.6 Å². The lowest BCUT2D eigenvalue weighted by Crippen LogP contribution is -2.15. The van der Waals surface area contributed by atoms with Gasteiger partial charge in [-0.3, -0.25) is 14.6 Å². The van der Waals surface area contributed by atoms with Crippen LogP contribution in [-0.4, -0.2) is 44.9 Å². The van der Waals surface area contributed by atoms with Crippen molar-refractivity contribution in [2.75, 3.05) is 19.4 Å². The number of carbonyl (C=O) groups excluding carboxylic acids is 1. The largest absolute Gasteiger partial charge is 0.309 e. The maximum Gasteiger partial charge on any atom is 0.227 e. The number of aromatic amines is 1. The Morgan fingerprint density at radius 2 is 2.17 bits per heavy atom. The average Bonchev–Trinajstić information content (AvgIpc) is 3.11. The number of carbonyl (C=O) groups is 1. The van der Waals surface area contributed by atoms with Crippen LogP contribution >= 0.6 is 0 Å². The number of aromatic nitrogens is 4. The van der Waals surface area contributed by atoms with Gasteiger partial charge in [-0.25, -0.2) is 0 Å². The molecule has 0 aliphatic rings. The third-order valence-corrected chi connectivity index (χ3v) is 3.49. The van der Waals surface area contributed by atoms with E-state index >= 15 is 0 Å². The first-order chi connectivity index (χ1) is 11.1. The number of H-pyrrole nitrogens is 1. The van der Waals surface area contributed by atoms with Gasteiger partial charge in [0.1, 0.15) is 0 Å². The van der Waals surface area contributed by atoms with Gasteiger partial charge >= 0.3 is 0 Å². The van der Waals surface area contributed by atoms with Crippen LogP contribution in [0.4, 0.5) is 5.82 Å². The summed E-state index contributed by atoms with van der Waals surface area (Å²) in [5, 5.41) is 15.2. The summed E-state index contributed by atoms with van der Waals surface area (Å²) in [7, 11) is 3.96. The Hall–Kier alpha value is -2.67. The summed E-state index contributed by atoms with van der Waals surface area (Å²) in [6, 6.07) is 9.80. The van der Waals surface area contributed by atoms with Crippen molar-refractivity contribution in [2.24, 2.45) is 0 Å². The summed E-state index contributed by atoms with van der Waals surface area (Å²) in [4.78, 5) is 14.1. The molecule has 0 spiro atoms. The maximum atomic E-state index is 12.1. The van der Waals surface area contributed by atoms with Crippen molar-refractivity contribution in [1.29, 1.82) is 0 Å². The number of hydrogen-bond donors (Lipinski definition) is 2. The molecule has 2 aromatic heterocycles. The van der Waals surface area contributed by atoms with E-state index in [1.165, 1.54) is 0 Å². The molecule has 0 aliphatic heterocycles. The van der Waals surface area contributed by atoms with Crippen molar-refractivity contribution in [3.05, 3.63) is 42.2 Å². The number of aryl methyl sites for hydroxylation is 1. The number of nitrogens with zero attached hydrogens (tertiary/aromatic N) is 4. The molecule has 23 heavy (non-hydrogen) atoms. The van der Waals surface area contributed by atoms with Gasteiger partial charge in [-0.15, -0.1) is 0 Å². The second-order valence-corrected chi connectivity index (χ2v) is 5.74. The van der Waals surface area contributed by atoms with Crippen molar-refractivity contribution in [3.63, 3.8) is 0 Å². The second-order valence-electron chi connectivity index (χ2n) is 5.74. The highest BCUT2D eigenvalue weighted by Crippen LogP contribution is 2.13. The van der Waals surface area contributed by atoms with Gasteiger partial charge < -0.3 is 10.2 Å². The van der Waals surface area contributed by atoms with E-state index in [1.54, 1.807) is 0 Å². The third-order valence-electron chi connectivity index (χ3n) is 3.49. The van der Waals surface area contributed by atoms with Gasteiger partial charge in [-0.1, -0.05) is 18.2 Å². The molecule has 2 N–H and O–H groups in total. The minimum atomic E-state index is -0.0764. The maximum absolute atomic E-state index is 12.1. The molecule has 0 unspecified atom stereocenters. The fraction of sp³-hybridized carbons (Fsp3) is 0.312. The van der Waals surface area contributed by atoms with Crippen molar-refractivity contribution in [2.45, 2.75) is 19.5 Å². The van der Waals surface area contributed by atoms with Crippen molar-refractivity contribution < 1.29 is 4.79 Å². The number of para-hydroxylation sites is 1. The van der Waals surface area contributed by atoms with Crippen LogP contribution in [0.25, 0.3) is 10.9 Å². The molecule has 3 aromatic rings. The summed E-state index contributed by atoms with van der Waals surface area (Å²) < 4.78 is 1.84. The molecular formula is C16H20N6O. The summed E-state index contributed by atoms with van der Waals surface area (Å²) in [6.07, 6.45) is 2.16. The van der Waals surface area contributed by atoms with E-state index in [4.69, 9.17) is 0 Å². The molecule has 0 saturated carbocycles. The Morgan fingerprint density at radius 3 is 3.00 bits per heavy atom. The number of amides is 1. The van der Waals surface area contributed by atoms with Crippen LogP contribution in [0.2, 0.25) is 0 Å². The Morgan fingerprint density at radius 1 is 1.35 bits per heavy atom. The van der Waals surface area contributed by atoms with E-state index in [0.29, 0.717) is 18.8 Å². The summed E-state index contributed by atoms with van der Waals surface area (Å²) in [5.74, 6) is 0.477. The number of anilines is 1. The first-order valence-corrected chi connectivity index (χ1v) is 7.51. The minimum Gasteiger partial charge on any atom is -0.309 e. The molecule has 0 saturated heterocycles. The quantitative estimate of drug-likeness (QED) is 0.728. The number of hydrogen-bond acceptors (Lipinski definition) is 4. The van der Waals surface area contributed by atoms with Gasteiger partial charge in [0.2, 0.25) is 5.91 Å². The predicted molar refractivity (Wildman–Crippen MR) is 89.0 cm³/mol. The van der Waals surface area contributed by atoms with Crippen LogP contribution in [0, 0.1) is 0 Å². The minimum absolute atomic E-state index is 0.0764. The van der Waals surface area contributed by atoms with Crippen LogP contribution in [-0.2, 0) is 17.9 Å². The monoisotopic (exact) mass is 312 g/mol. The molecule has 0 bridgehead atoms. The standard InChI is InChI=1S/C16H20N6O/c1-21(2)11-13-9-15(20-19-13)18-16(23)7-8-22-14-6-4-3-5-12(14)10-17-22/h3-6,9-10H,7-8,11H2,1-2H3,(H2,18,19,20,23). The van der Waals surface area contributed by atoms with E-state index in [9.17, 15) is 4.79 Å². The zero-order valence-corrected chi connectivity index (χ0v) is 13.3. The molecule has 1 amide bonds. The van der Waals surface area contributed by atoms with Gasteiger partial charge in [0.05, 0.1) is 24.0 Å². The van der Waals surface area contributed by atoms with Crippen LogP contribution in [0.5, 0.6) is 0 Å². The molecule has 0 fully saturated rings. The number of benzene rings is 1. The lowest BCUT2D eigenvalue weighted by Gasteiger charge is -2.05. The zero-order valence-electron chi connectivity index (χ0n) is 13.3. The van der Waals surface area contributed by atoms with Gasteiger partial charge in [-0.2, -0.15) is 10.2 Å². The van der Waals surface area contributed by atoms with E-state index in [2.05, 4.69) is 20.6 Å². The number of rotatable bonds is 6.